The fourth-order valence-corrected chi connectivity index (χ4v) is 4.03. The number of carbonyl (C=O) groups excluding carboxylic acids is 1. The molecule has 2 N–H and O–H groups in total. The van der Waals surface area contributed by atoms with E-state index in [1.54, 1.807) is 0 Å². The van der Waals surface area contributed by atoms with Gasteiger partial charge in [-0.05, 0) is 51.1 Å². The van der Waals surface area contributed by atoms with Gasteiger partial charge in [-0.2, -0.15) is 0 Å². The molecule has 0 aromatic carbocycles. The summed E-state index contributed by atoms with van der Waals surface area (Å²) in [7, 11) is 0. The van der Waals surface area contributed by atoms with E-state index in [4.69, 9.17) is 0 Å². The quantitative estimate of drug-likeness (QED) is 0.782. The zero-order valence-corrected chi connectivity index (χ0v) is 12.0. The van der Waals surface area contributed by atoms with Crippen molar-refractivity contribution in [2.75, 3.05) is 26.2 Å². The molecule has 0 aliphatic carbocycles. The van der Waals surface area contributed by atoms with Crippen molar-refractivity contribution in [3.8, 4) is 0 Å². The van der Waals surface area contributed by atoms with Gasteiger partial charge in [0.25, 0.3) is 0 Å². The molecule has 4 nitrogen and oxygen atoms in total. The zero-order valence-electron chi connectivity index (χ0n) is 12.0. The topological polar surface area (TPSA) is 44.4 Å². The van der Waals surface area contributed by atoms with E-state index in [9.17, 15) is 4.79 Å². The summed E-state index contributed by atoms with van der Waals surface area (Å²) >= 11 is 0. The fourth-order valence-electron chi connectivity index (χ4n) is 4.03. The van der Waals surface area contributed by atoms with E-state index in [-0.39, 0.29) is 11.8 Å². The van der Waals surface area contributed by atoms with Crippen LogP contribution in [0.1, 0.15) is 39.0 Å². The van der Waals surface area contributed by atoms with Gasteiger partial charge in [-0.15, -0.1) is 0 Å². The van der Waals surface area contributed by atoms with Crippen LogP contribution in [0.15, 0.2) is 0 Å². The fraction of sp³-hybridized carbons (Fsp3) is 0.933. The Kier molecular flexibility index (Phi) is 4.08. The molecule has 0 spiro atoms. The molecule has 3 saturated heterocycles. The standard InChI is InChI=1S/C15H27N3O/c1-11-7-12(10-16-9-11)15(19)17-13-4-6-18-5-2-3-14(18)8-13/h11-14,16H,2-10H2,1H3,(H,17,19). The molecule has 0 saturated carbocycles. The van der Waals surface area contributed by atoms with Crippen molar-refractivity contribution < 1.29 is 4.79 Å². The smallest absolute Gasteiger partial charge is 0.224 e. The van der Waals surface area contributed by atoms with E-state index in [0.29, 0.717) is 12.0 Å². The molecule has 4 unspecified atom stereocenters. The number of carbonyl (C=O) groups is 1. The van der Waals surface area contributed by atoms with E-state index in [1.165, 1.54) is 32.4 Å². The third kappa shape index (κ3) is 3.11. The molecule has 0 bridgehead atoms. The minimum atomic E-state index is 0.186. The van der Waals surface area contributed by atoms with Crippen LogP contribution in [0.25, 0.3) is 0 Å². The second-order valence-electron chi connectivity index (χ2n) is 6.76. The Morgan fingerprint density at radius 2 is 2.11 bits per heavy atom. The van der Waals surface area contributed by atoms with E-state index in [2.05, 4.69) is 22.5 Å². The maximum absolute atomic E-state index is 12.3. The van der Waals surface area contributed by atoms with Crippen molar-refractivity contribution >= 4 is 5.91 Å². The highest BCUT2D eigenvalue weighted by molar-refractivity contribution is 5.79. The second kappa shape index (κ2) is 5.80. The van der Waals surface area contributed by atoms with Crippen LogP contribution >= 0.6 is 0 Å². The van der Waals surface area contributed by atoms with Gasteiger partial charge >= 0.3 is 0 Å². The third-order valence-electron chi connectivity index (χ3n) is 5.11. The SMILES string of the molecule is CC1CNCC(C(=O)NC2CCN3CCCC3C2)C1. The minimum absolute atomic E-state index is 0.186. The molecular weight excluding hydrogens is 238 g/mol. The maximum Gasteiger partial charge on any atom is 0.224 e. The van der Waals surface area contributed by atoms with Crippen LogP contribution in [0.5, 0.6) is 0 Å². The van der Waals surface area contributed by atoms with Gasteiger partial charge in [0, 0.05) is 25.2 Å². The molecule has 4 heteroatoms. The molecule has 3 aliphatic heterocycles. The van der Waals surface area contributed by atoms with Crippen LogP contribution in [0.2, 0.25) is 0 Å². The van der Waals surface area contributed by atoms with Crippen LogP contribution in [0.4, 0.5) is 0 Å². The lowest BCUT2D eigenvalue weighted by molar-refractivity contribution is -0.127. The second-order valence-corrected chi connectivity index (χ2v) is 6.76. The highest BCUT2D eigenvalue weighted by atomic mass is 16.2. The van der Waals surface area contributed by atoms with Gasteiger partial charge in [0.05, 0.1) is 5.92 Å². The lowest BCUT2D eigenvalue weighted by Gasteiger charge is -2.36. The third-order valence-corrected chi connectivity index (χ3v) is 5.11. The largest absolute Gasteiger partial charge is 0.353 e. The molecule has 0 radical (unpaired) electrons. The Hall–Kier alpha value is -0.610. The summed E-state index contributed by atoms with van der Waals surface area (Å²) in [6.07, 6.45) is 6.02. The van der Waals surface area contributed by atoms with Crippen LogP contribution in [0, 0.1) is 11.8 Å². The number of fused-ring (bicyclic) bond motifs is 1. The van der Waals surface area contributed by atoms with Crippen molar-refractivity contribution in [1.29, 1.82) is 0 Å². The van der Waals surface area contributed by atoms with Crippen LogP contribution in [-0.2, 0) is 4.79 Å². The number of rotatable bonds is 2. The summed E-state index contributed by atoms with van der Waals surface area (Å²) in [5.41, 5.74) is 0. The van der Waals surface area contributed by atoms with Crippen molar-refractivity contribution in [1.82, 2.24) is 15.5 Å². The van der Waals surface area contributed by atoms with Gasteiger partial charge in [0.2, 0.25) is 5.91 Å². The number of piperidine rings is 2. The number of hydrogen-bond acceptors (Lipinski definition) is 3. The Morgan fingerprint density at radius 1 is 1.21 bits per heavy atom. The Bertz CT molecular complexity index is 333. The molecule has 19 heavy (non-hydrogen) atoms. The number of hydrogen-bond donors (Lipinski definition) is 2. The molecule has 3 rings (SSSR count). The van der Waals surface area contributed by atoms with Gasteiger partial charge in [-0.1, -0.05) is 6.92 Å². The Morgan fingerprint density at radius 3 is 2.95 bits per heavy atom. The molecule has 3 aliphatic rings. The molecular formula is C15H27N3O. The molecule has 4 atom stereocenters. The van der Waals surface area contributed by atoms with Crippen molar-refractivity contribution in [3.05, 3.63) is 0 Å². The van der Waals surface area contributed by atoms with E-state index >= 15 is 0 Å². The number of nitrogens with zero attached hydrogens (tertiary/aromatic N) is 1. The van der Waals surface area contributed by atoms with Crippen molar-refractivity contribution in [2.24, 2.45) is 11.8 Å². The summed E-state index contributed by atoms with van der Waals surface area (Å²) in [4.78, 5) is 14.9. The first-order valence-corrected chi connectivity index (χ1v) is 7.97. The minimum Gasteiger partial charge on any atom is -0.353 e. The van der Waals surface area contributed by atoms with E-state index < -0.39 is 0 Å². The Balaban J connectivity index is 1.49. The summed E-state index contributed by atoms with van der Waals surface area (Å²) in [5, 5.41) is 6.69. The van der Waals surface area contributed by atoms with Gasteiger partial charge in [-0.25, -0.2) is 0 Å². The predicted octanol–water partition coefficient (Wildman–Crippen LogP) is 0.975. The van der Waals surface area contributed by atoms with Gasteiger partial charge < -0.3 is 15.5 Å². The highest BCUT2D eigenvalue weighted by Gasteiger charge is 2.33. The maximum atomic E-state index is 12.3. The van der Waals surface area contributed by atoms with Crippen LogP contribution in [0.3, 0.4) is 0 Å². The van der Waals surface area contributed by atoms with Gasteiger partial charge in [-0.3, -0.25) is 4.79 Å². The summed E-state index contributed by atoms with van der Waals surface area (Å²) < 4.78 is 0. The Labute approximate surface area is 116 Å². The molecule has 3 heterocycles. The van der Waals surface area contributed by atoms with Gasteiger partial charge in [0.15, 0.2) is 0 Å². The molecule has 3 fully saturated rings. The van der Waals surface area contributed by atoms with E-state index in [1.807, 2.05) is 0 Å². The monoisotopic (exact) mass is 265 g/mol. The summed E-state index contributed by atoms with van der Waals surface area (Å²) in [6.45, 7) is 6.59. The van der Waals surface area contributed by atoms with Gasteiger partial charge in [0.1, 0.15) is 0 Å². The first-order chi connectivity index (χ1) is 9.22. The zero-order chi connectivity index (χ0) is 13.2. The molecule has 108 valence electrons. The lowest BCUT2D eigenvalue weighted by Crippen LogP contribution is -2.51. The van der Waals surface area contributed by atoms with Crippen molar-refractivity contribution in [3.63, 3.8) is 0 Å². The van der Waals surface area contributed by atoms with Crippen LogP contribution < -0.4 is 10.6 Å². The summed E-state index contributed by atoms with van der Waals surface area (Å²) in [5.74, 6) is 1.10. The normalized spacial score (nSPS) is 39.8. The first-order valence-electron chi connectivity index (χ1n) is 7.97. The molecule has 0 aromatic rings. The number of amides is 1. The first kappa shape index (κ1) is 13.4. The average molecular weight is 265 g/mol. The van der Waals surface area contributed by atoms with Crippen LogP contribution in [-0.4, -0.2) is 49.1 Å². The van der Waals surface area contributed by atoms with Crippen molar-refractivity contribution in [2.45, 2.75) is 51.1 Å². The van der Waals surface area contributed by atoms with E-state index in [0.717, 1.165) is 32.0 Å². The molecule has 0 aromatic heterocycles. The predicted molar refractivity (Wildman–Crippen MR) is 75.9 cm³/mol. The lowest BCUT2D eigenvalue weighted by atomic mass is 9.90. The molecule has 1 amide bonds. The number of nitrogens with one attached hydrogen (secondary N) is 2. The highest BCUT2D eigenvalue weighted by Crippen LogP contribution is 2.27. The average Bonchev–Trinajstić information content (AvgIpc) is 2.86. The summed E-state index contributed by atoms with van der Waals surface area (Å²) in [6, 6.07) is 1.16.